The average Bonchev–Trinajstić information content (AvgIpc) is 2.36. The van der Waals surface area contributed by atoms with Gasteiger partial charge in [0.25, 0.3) is 0 Å². The first kappa shape index (κ1) is 15.7. The number of hydrogen-bond donors (Lipinski definition) is 3. The Kier molecular flexibility index (Phi) is 5.30. The number of piperidine rings is 1. The summed E-state index contributed by atoms with van der Waals surface area (Å²) in [5.41, 5.74) is 10.0. The topological polar surface area (TPSA) is 147 Å². The van der Waals surface area contributed by atoms with Gasteiger partial charge in [-0.2, -0.15) is 0 Å². The highest BCUT2D eigenvalue weighted by Crippen LogP contribution is 2.17. The Morgan fingerprint density at radius 2 is 1.70 bits per heavy atom. The zero-order valence-electron chi connectivity index (χ0n) is 10.9. The molecule has 1 rings (SSSR count). The number of aliphatic carboxylic acids is 1. The summed E-state index contributed by atoms with van der Waals surface area (Å²) in [6, 6.07) is -0.603. The van der Waals surface area contributed by atoms with Crippen LogP contribution in [0.3, 0.4) is 0 Å². The number of amides is 4. The van der Waals surface area contributed by atoms with Gasteiger partial charge in [-0.25, -0.2) is 4.79 Å². The first-order chi connectivity index (χ1) is 9.31. The summed E-state index contributed by atoms with van der Waals surface area (Å²) in [5, 5.41) is 8.97. The Morgan fingerprint density at radius 1 is 1.15 bits per heavy atom. The highest BCUT2D eigenvalue weighted by atomic mass is 16.4. The Balaban J connectivity index is 2.74. The second kappa shape index (κ2) is 6.73. The van der Waals surface area contributed by atoms with E-state index < -0.39 is 42.8 Å². The van der Waals surface area contributed by atoms with Crippen LogP contribution in [0.4, 0.5) is 4.79 Å². The van der Waals surface area contributed by atoms with Crippen LogP contribution in [0.2, 0.25) is 0 Å². The van der Waals surface area contributed by atoms with Gasteiger partial charge in [-0.05, 0) is 12.8 Å². The number of carbonyl (C=O) groups is 4. The van der Waals surface area contributed by atoms with E-state index in [9.17, 15) is 19.2 Å². The van der Waals surface area contributed by atoms with Crippen molar-refractivity contribution in [1.82, 2.24) is 9.80 Å². The molecule has 20 heavy (non-hydrogen) atoms. The molecule has 112 valence electrons. The number of likely N-dealkylation sites (tertiary alicyclic amines) is 1. The normalized spacial score (nSPS) is 18.4. The van der Waals surface area contributed by atoms with Gasteiger partial charge in [0, 0.05) is 13.1 Å². The number of nitrogens with zero attached hydrogens (tertiary/aromatic N) is 2. The minimum absolute atomic E-state index is 0.0438. The Morgan fingerprint density at radius 3 is 2.15 bits per heavy atom. The zero-order chi connectivity index (χ0) is 15.3. The molecule has 9 nitrogen and oxygen atoms in total. The monoisotopic (exact) mass is 286 g/mol. The van der Waals surface area contributed by atoms with Crippen molar-refractivity contribution in [2.75, 3.05) is 26.2 Å². The second-order valence-corrected chi connectivity index (χ2v) is 4.69. The molecule has 0 aromatic carbocycles. The molecule has 9 heteroatoms. The van der Waals surface area contributed by atoms with E-state index >= 15 is 0 Å². The van der Waals surface area contributed by atoms with Crippen LogP contribution < -0.4 is 11.5 Å². The first-order valence-electron chi connectivity index (χ1n) is 6.14. The molecule has 0 aromatic rings. The summed E-state index contributed by atoms with van der Waals surface area (Å²) < 4.78 is 0. The number of hydrogen-bond acceptors (Lipinski definition) is 4. The third-order valence-electron chi connectivity index (χ3n) is 3.01. The maximum atomic E-state index is 12.2. The first-order valence-corrected chi connectivity index (χ1v) is 6.14. The molecule has 0 radical (unpaired) electrons. The van der Waals surface area contributed by atoms with Gasteiger partial charge < -0.3 is 26.4 Å². The predicted octanol–water partition coefficient (Wildman–Crippen LogP) is -1.82. The molecule has 0 saturated carbocycles. The minimum atomic E-state index is -0.973. The van der Waals surface area contributed by atoms with Crippen LogP contribution in [0.15, 0.2) is 0 Å². The van der Waals surface area contributed by atoms with E-state index in [2.05, 4.69) is 0 Å². The quantitative estimate of drug-likeness (QED) is 0.544. The smallest absolute Gasteiger partial charge is 0.320 e. The summed E-state index contributed by atoms with van der Waals surface area (Å²) in [5.74, 6) is -3.16. The number of carbonyl (C=O) groups excluding carboxylic acids is 3. The van der Waals surface area contributed by atoms with Gasteiger partial charge in [0.1, 0.15) is 13.1 Å². The van der Waals surface area contributed by atoms with E-state index in [1.165, 1.54) is 4.90 Å². The lowest BCUT2D eigenvalue weighted by Gasteiger charge is -2.34. The number of urea groups is 1. The van der Waals surface area contributed by atoms with Crippen LogP contribution in [0.1, 0.15) is 12.8 Å². The third kappa shape index (κ3) is 4.41. The van der Waals surface area contributed by atoms with Gasteiger partial charge in [-0.1, -0.05) is 0 Å². The highest BCUT2D eigenvalue weighted by molar-refractivity contribution is 5.87. The number of primary amides is 2. The molecule has 4 amide bonds. The molecule has 0 bridgehead atoms. The van der Waals surface area contributed by atoms with Crippen LogP contribution in [0.25, 0.3) is 0 Å². The van der Waals surface area contributed by atoms with Gasteiger partial charge in [0.05, 0.1) is 5.92 Å². The van der Waals surface area contributed by atoms with Crippen molar-refractivity contribution in [3.8, 4) is 0 Å². The molecule has 1 heterocycles. The molecular formula is C11H18N4O5. The standard InChI is InChI=1S/C11H18N4O5/c12-8(16)5-15(6-9(13)17)11(20)14-3-1-2-7(4-14)10(18)19/h7H,1-6H2,(H2,12,16)(H2,13,17)(H,18,19)/t7-/m0/s1. The Hall–Kier alpha value is -2.32. The molecule has 1 aliphatic rings. The summed E-state index contributed by atoms with van der Waals surface area (Å²) in [6.45, 7) is -0.454. The molecule has 5 N–H and O–H groups in total. The molecule has 0 aromatic heterocycles. The second-order valence-electron chi connectivity index (χ2n) is 4.69. The zero-order valence-corrected chi connectivity index (χ0v) is 10.9. The molecular weight excluding hydrogens is 268 g/mol. The van der Waals surface area contributed by atoms with Crippen molar-refractivity contribution >= 4 is 23.8 Å². The molecule has 0 unspecified atom stereocenters. The fourth-order valence-corrected chi connectivity index (χ4v) is 2.12. The van der Waals surface area contributed by atoms with E-state index in [-0.39, 0.29) is 6.54 Å². The van der Waals surface area contributed by atoms with E-state index in [1.807, 2.05) is 0 Å². The van der Waals surface area contributed by atoms with Gasteiger partial charge in [0.2, 0.25) is 11.8 Å². The largest absolute Gasteiger partial charge is 0.481 e. The number of carboxylic acids is 1. The maximum absolute atomic E-state index is 12.2. The highest BCUT2D eigenvalue weighted by Gasteiger charge is 2.31. The van der Waals surface area contributed by atoms with E-state index in [0.717, 1.165) is 4.90 Å². The van der Waals surface area contributed by atoms with Crippen molar-refractivity contribution in [2.45, 2.75) is 12.8 Å². The molecule has 1 aliphatic heterocycles. The summed E-state index contributed by atoms with van der Waals surface area (Å²) >= 11 is 0. The van der Waals surface area contributed by atoms with E-state index in [0.29, 0.717) is 19.4 Å². The van der Waals surface area contributed by atoms with Crippen molar-refractivity contribution in [2.24, 2.45) is 17.4 Å². The van der Waals surface area contributed by atoms with E-state index in [1.54, 1.807) is 0 Å². The van der Waals surface area contributed by atoms with Crippen molar-refractivity contribution in [3.63, 3.8) is 0 Å². The van der Waals surface area contributed by atoms with Gasteiger partial charge in [-0.15, -0.1) is 0 Å². The Labute approximate surface area is 115 Å². The van der Waals surface area contributed by atoms with Gasteiger partial charge >= 0.3 is 12.0 Å². The van der Waals surface area contributed by atoms with Gasteiger partial charge in [-0.3, -0.25) is 14.4 Å². The van der Waals surface area contributed by atoms with Crippen LogP contribution >= 0.6 is 0 Å². The molecule has 0 aliphatic carbocycles. The molecule has 1 atom stereocenters. The SMILES string of the molecule is NC(=O)CN(CC(N)=O)C(=O)N1CCC[C@H](C(=O)O)C1. The third-order valence-corrected chi connectivity index (χ3v) is 3.01. The summed E-state index contributed by atoms with van der Waals surface area (Å²) in [4.78, 5) is 47.2. The lowest BCUT2D eigenvalue weighted by atomic mass is 9.98. The minimum Gasteiger partial charge on any atom is -0.481 e. The van der Waals surface area contributed by atoms with Crippen molar-refractivity contribution in [1.29, 1.82) is 0 Å². The van der Waals surface area contributed by atoms with Crippen LogP contribution in [0, 0.1) is 5.92 Å². The molecule has 0 spiro atoms. The predicted molar refractivity (Wildman–Crippen MR) is 67.3 cm³/mol. The van der Waals surface area contributed by atoms with Crippen LogP contribution in [-0.4, -0.2) is 64.9 Å². The van der Waals surface area contributed by atoms with E-state index in [4.69, 9.17) is 16.6 Å². The number of nitrogens with two attached hydrogens (primary N) is 2. The van der Waals surface area contributed by atoms with Crippen molar-refractivity contribution < 1.29 is 24.3 Å². The number of rotatable bonds is 5. The van der Waals surface area contributed by atoms with Crippen molar-refractivity contribution in [3.05, 3.63) is 0 Å². The molecule has 1 fully saturated rings. The lowest BCUT2D eigenvalue weighted by molar-refractivity contribution is -0.143. The summed E-state index contributed by atoms with van der Waals surface area (Å²) in [7, 11) is 0. The maximum Gasteiger partial charge on any atom is 0.320 e. The fraction of sp³-hybridized carbons (Fsp3) is 0.636. The average molecular weight is 286 g/mol. The number of carboxylic acid groups (broad SMARTS) is 1. The summed E-state index contributed by atoms with van der Waals surface area (Å²) in [6.07, 6.45) is 1.04. The Bertz CT molecular complexity index is 409. The van der Waals surface area contributed by atoms with Crippen LogP contribution in [0.5, 0.6) is 0 Å². The van der Waals surface area contributed by atoms with Crippen LogP contribution in [-0.2, 0) is 14.4 Å². The fourth-order valence-electron chi connectivity index (χ4n) is 2.12. The lowest BCUT2D eigenvalue weighted by Crippen LogP contribution is -2.52. The molecule has 1 saturated heterocycles. The van der Waals surface area contributed by atoms with Gasteiger partial charge in [0.15, 0.2) is 0 Å².